The second-order valence-corrected chi connectivity index (χ2v) is 4.39. The van der Waals surface area contributed by atoms with Crippen molar-refractivity contribution in [3.63, 3.8) is 0 Å². The third-order valence-electron chi connectivity index (χ3n) is 3.15. The fourth-order valence-electron chi connectivity index (χ4n) is 1.95. The van der Waals surface area contributed by atoms with Crippen LogP contribution in [0, 0.1) is 28.1 Å². The molecule has 2 rings (SSSR count). The topological polar surface area (TPSA) is 50.8 Å². The molecule has 0 fully saturated rings. The fourth-order valence-corrected chi connectivity index (χ4v) is 1.95. The average molecular weight is 239 g/mol. The van der Waals surface area contributed by atoms with Crippen LogP contribution < -0.4 is 4.90 Å². The predicted octanol–water partition coefficient (Wildman–Crippen LogP) is 3.21. The van der Waals surface area contributed by atoms with Gasteiger partial charge in [-0.25, -0.2) is 0 Å². The highest BCUT2D eigenvalue weighted by atomic mass is 15.1. The minimum Gasteiger partial charge on any atom is -0.378 e. The maximum absolute atomic E-state index is 9.09. The van der Waals surface area contributed by atoms with Gasteiger partial charge in [-0.3, -0.25) is 0 Å². The van der Waals surface area contributed by atoms with Crippen molar-refractivity contribution in [2.45, 2.75) is 13.8 Å². The zero-order chi connectivity index (χ0) is 12.5. The standard InChI is InChI=1S/C14H13N3.CH4/c1-17(2)12-5-3-11(4-6-12)13-7-8-14(13,9-15)10-16;/h3-7H,8H2,1-2H3;1H4. The van der Waals surface area contributed by atoms with Gasteiger partial charge in [0, 0.05) is 26.2 Å². The van der Waals surface area contributed by atoms with Crippen molar-refractivity contribution >= 4 is 11.3 Å². The molecule has 18 heavy (non-hydrogen) atoms. The molecule has 0 unspecified atom stereocenters. The number of nitrogens with zero attached hydrogens (tertiary/aromatic N) is 3. The Morgan fingerprint density at radius 3 is 2.00 bits per heavy atom. The summed E-state index contributed by atoms with van der Waals surface area (Å²) < 4.78 is 0. The third-order valence-corrected chi connectivity index (χ3v) is 3.15. The molecule has 3 heteroatoms. The Morgan fingerprint density at radius 1 is 1.11 bits per heavy atom. The molecule has 92 valence electrons. The van der Waals surface area contributed by atoms with Gasteiger partial charge in [0.1, 0.15) is 0 Å². The Balaban J connectivity index is 0.00000162. The van der Waals surface area contributed by atoms with E-state index in [9.17, 15) is 0 Å². The normalized spacial score (nSPS) is 15.2. The lowest BCUT2D eigenvalue weighted by molar-refractivity contribution is 0.644. The van der Waals surface area contributed by atoms with Gasteiger partial charge in [0.25, 0.3) is 0 Å². The van der Waals surface area contributed by atoms with Crippen molar-refractivity contribution in [1.29, 1.82) is 10.5 Å². The zero-order valence-corrected chi connectivity index (χ0v) is 9.94. The van der Waals surface area contributed by atoms with Gasteiger partial charge in [-0.2, -0.15) is 10.5 Å². The zero-order valence-electron chi connectivity index (χ0n) is 9.94. The molecule has 3 nitrogen and oxygen atoms in total. The van der Waals surface area contributed by atoms with Gasteiger partial charge in [-0.15, -0.1) is 0 Å². The molecular weight excluding hydrogens is 222 g/mol. The van der Waals surface area contributed by atoms with Gasteiger partial charge in [0.05, 0.1) is 12.1 Å². The maximum atomic E-state index is 9.09. The van der Waals surface area contributed by atoms with Crippen molar-refractivity contribution in [2.24, 2.45) is 5.41 Å². The molecule has 0 bridgehead atoms. The van der Waals surface area contributed by atoms with Crippen LogP contribution in [0.25, 0.3) is 5.57 Å². The van der Waals surface area contributed by atoms with E-state index in [1.807, 2.05) is 49.3 Å². The smallest absolute Gasteiger partial charge is 0.172 e. The Morgan fingerprint density at radius 2 is 1.67 bits per heavy atom. The summed E-state index contributed by atoms with van der Waals surface area (Å²) in [5, 5.41) is 18.2. The van der Waals surface area contributed by atoms with Crippen molar-refractivity contribution < 1.29 is 0 Å². The molecule has 1 aromatic rings. The molecule has 0 atom stereocenters. The summed E-state index contributed by atoms with van der Waals surface area (Å²) in [7, 11) is 3.96. The van der Waals surface area contributed by atoms with E-state index in [4.69, 9.17) is 10.5 Å². The number of nitriles is 2. The minimum atomic E-state index is -0.931. The van der Waals surface area contributed by atoms with E-state index in [2.05, 4.69) is 12.1 Å². The summed E-state index contributed by atoms with van der Waals surface area (Å²) in [5.41, 5.74) is 1.98. The van der Waals surface area contributed by atoms with Gasteiger partial charge >= 0.3 is 0 Å². The molecule has 0 saturated heterocycles. The molecular formula is C15H17N3. The van der Waals surface area contributed by atoms with E-state index in [1.54, 1.807) is 0 Å². The van der Waals surface area contributed by atoms with Crippen LogP contribution in [0.15, 0.2) is 30.3 Å². The molecule has 1 aliphatic rings. The second kappa shape index (κ2) is 4.94. The first kappa shape index (κ1) is 13.8. The summed E-state index contributed by atoms with van der Waals surface area (Å²) in [6.45, 7) is 0. The number of benzene rings is 1. The second-order valence-electron chi connectivity index (χ2n) is 4.39. The Bertz CT molecular complexity index is 525. The maximum Gasteiger partial charge on any atom is 0.172 e. The summed E-state index contributed by atoms with van der Waals surface area (Å²) in [6, 6.07) is 12.1. The largest absolute Gasteiger partial charge is 0.378 e. The number of allylic oxidation sites excluding steroid dienone is 2. The molecule has 0 radical (unpaired) electrons. The van der Waals surface area contributed by atoms with Gasteiger partial charge in [-0.05, 0) is 23.3 Å². The van der Waals surface area contributed by atoms with Crippen LogP contribution in [0.2, 0.25) is 0 Å². The SMILES string of the molecule is C.CN(C)c1ccc(C2=CCC2(C#N)C#N)cc1. The van der Waals surface area contributed by atoms with E-state index >= 15 is 0 Å². The highest BCUT2D eigenvalue weighted by Gasteiger charge is 2.41. The third kappa shape index (κ3) is 1.96. The molecule has 1 aliphatic carbocycles. The van der Waals surface area contributed by atoms with Crippen LogP contribution in [0.1, 0.15) is 19.4 Å². The highest BCUT2D eigenvalue weighted by molar-refractivity contribution is 5.81. The van der Waals surface area contributed by atoms with Crippen LogP contribution in [-0.2, 0) is 0 Å². The predicted molar refractivity (Wildman–Crippen MR) is 73.8 cm³/mol. The molecule has 0 aromatic heterocycles. The number of hydrogen-bond acceptors (Lipinski definition) is 3. The molecule has 0 amide bonds. The first-order chi connectivity index (χ1) is 8.13. The van der Waals surface area contributed by atoms with Gasteiger partial charge in [-0.1, -0.05) is 25.6 Å². The summed E-state index contributed by atoms with van der Waals surface area (Å²) >= 11 is 0. The highest BCUT2D eigenvalue weighted by Crippen LogP contribution is 2.46. The molecule has 0 spiro atoms. The van der Waals surface area contributed by atoms with Crippen LogP contribution in [-0.4, -0.2) is 14.1 Å². The quantitative estimate of drug-likeness (QED) is 0.796. The lowest BCUT2D eigenvalue weighted by Gasteiger charge is -2.29. The Hall–Kier alpha value is -2.26. The summed E-state index contributed by atoms with van der Waals surface area (Å²) in [6.07, 6.45) is 2.49. The van der Waals surface area contributed by atoms with E-state index in [-0.39, 0.29) is 7.43 Å². The summed E-state index contributed by atoms with van der Waals surface area (Å²) in [5.74, 6) is 0. The molecule has 1 aromatic carbocycles. The van der Waals surface area contributed by atoms with Crippen molar-refractivity contribution in [2.75, 3.05) is 19.0 Å². The number of rotatable bonds is 2. The van der Waals surface area contributed by atoms with E-state index in [0.717, 1.165) is 16.8 Å². The first-order valence-corrected chi connectivity index (χ1v) is 5.44. The van der Waals surface area contributed by atoms with Crippen molar-refractivity contribution in [1.82, 2.24) is 0 Å². The minimum absolute atomic E-state index is 0. The van der Waals surface area contributed by atoms with Gasteiger partial charge in [0.2, 0.25) is 0 Å². The lowest BCUT2D eigenvalue weighted by Crippen LogP contribution is -2.25. The molecule has 0 heterocycles. The monoisotopic (exact) mass is 239 g/mol. The van der Waals surface area contributed by atoms with E-state index < -0.39 is 5.41 Å². The van der Waals surface area contributed by atoms with E-state index in [1.165, 1.54) is 0 Å². The molecule has 0 aliphatic heterocycles. The van der Waals surface area contributed by atoms with E-state index in [0.29, 0.717) is 6.42 Å². The molecule has 0 N–H and O–H groups in total. The van der Waals surface area contributed by atoms with Crippen LogP contribution >= 0.6 is 0 Å². The van der Waals surface area contributed by atoms with Gasteiger partial charge in [0.15, 0.2) is 5.41 Å². The van der Waals surface area contributed by atoms with Crippen molar-refractivity contribution in [3.05, 3.63) is 35.9 Å². The lowest BCUT2D eigenvalue weighted by atomic mass is 9.68. The average Bonchev–Trinajstić information content (AvgIpc) is 2.30. The number of anilines is 1. The summed E-state index contributed by atoms with van der Waals surface area (Å²) in [4.78, 5) is 2.01. The fraction of sp³-hybridized carbons (Fsp3) is 0.333. The first-order valence-electron chi connectivity index (χ1n) is 5.44. The Kier molecular flexibility index (Phi) is 3.79. The van der Waals surface area contributed by atoms with Crippen LogP contribution in [0.3, 0.4) is 0 Å². The molecule has 0 saturated carbocycles. The van der Waals surface area contributed by atoms with Crippen LogP contribution in [0.4, 0.5) is 5.69 Å². The van der Waals surface area contributed by atoms with Gasteiger partial charge < -0.3 is 4.90 Å². The Labute approximate surface area is 109 Å². The van der Waals surface area contributed by atoms with Crippen molar-refractivity contribution in [3.8, 4) is 12.1 Å². The van der Waals surface area contributed by atoms with Crippen LogP contribution in [0.5, 0.6) is 0 Å². The number of hydrogen-bond donors (Lipinski definition) is 0.